The maximum atomic E-state index is 14.1. The number of hydrogen-bond acceptors (Lipinski definition) is 7. The van der Waals surface area contributed by atoms with Gasteiger partial charge in [-0.15, -0.1) is 5.73 Å². The van der Waals surface area contributed by atoms with Gasteiger partial charge >= 0.3 is 17.9 Å². The highest BCUT2D eigenvalue weighted by molar-refractivity contribution is 6.08. The smallest absolute Gasteiger partial charge is 0.330 e. The van der Waals surface area contributed by atoms with Crippen LogP contribution < -0.4 is 5.32 Å². The van der Waals surface area contributed by atoms with Crippen LogP contribution in [0.15, 0.2) is 72.0 Å². The summed E-state index contributed by atoms with van der Waals surface area (Å²) >= 11 is 0. The van der Waals surface area contributed by atoms with Gasteiger partial charge in [0.1, 0.15) is 6.04 Å². The summed E-state index contributed by atoms with van der Waals surface area (Å²) in [6, 6.07) is 17.4. The lowest BCUT2D eigenvalue weighted by atomic mass is 9.68. The van der Waals surface area contributed by atoms with Crippen molar-refractivity contribution in [2.24, 2.45) is 11.3 Å². The average Bonchev–Trinajstić information content (AvgIpc) is 3.33. The van der Waals surface area contributed by atoms with Gasteiger partial charge in [-0.1, -0.05) is 79.9 Å². The van der Waals surface area contributed by atoms with Crippen molar-refractivity contribution in [3.63, 3.8) is 0 Å². The van der Waals surface area contributed by atoms with E-state index in [9.17, 15) is 14.4 Å². The summed E-state index contributed by atoms with van der Waals surface area (Å²) in [5.41, 5.74) is 3.98. The fourth-order valence-corrected chi connectivity index (χ4v) is 5.92. The molecule has 1 aliphatic heterocycles. The van der Waals surface area contributed by atoms with Crippen molar-refractivity contribution in [1.29, 1.82) is 0 Å². The van der Waals surface area contributed by atoms with Crippen LogP contribution in [0.5, 0.6) is 0 Å². The molecule has 0 radical (unpaired) electrons. The minimum atomic E-state index is -1.90. The van der Waals surface area contributed by atoms with Crippen LogP contribution in [0.2, 0.25) is 0 Å². The lowest BCUT2D eigenvalue weighted by molar-refractivity contribution is -0.171. The molecule has 1 heterocycles. The van der Waals surface area contributed by atoms with Crippen molar-refractivity contribution >= 4 is 23.5 Å². The van der Waals surface area contributed by atoms with E-state index in [0.717, 1.165) is 43.2 Å². The number of hydrogen-bond donors (Lipinski definition) is 1. The molecule has 1 aliphatic carbocycles. The van der Waals surface area contributed by atoms with Gasteiger partial charge in [-0.25, -0.2) is 4.79 Å². The summed E-state index contributed by atoms with van der Waals surface area (Å²) in [7, 11) is 1.30. The minimum absolute atomic E-state index is 0.0454. The summed E-state index contributed by atoms with van der Waals surface area (Å²) in [5, 5.41) is 3.35. The van der Waals surface area contributed by atoms with Crippen LogP contribution in [0.4, 0.5) is 0 Å². The summed E-state index contributed by atoms with van der Waals surface area (Å²) in [5.74, 6) is -2.12. The molecule has 0 unspecified atom stereocenters. The summed E-state index contributed by atoms with van der Waals surface area (Å²) in [6.07, 6.45) is 4.66. The van der Waals surface area contributed by atoms with Crippen LogP contribution in [-0.4, -0.2) is 50.3 Å². The van der Waals surface area contributed by atoms with Gasteiger partial charge < -0.3 is 14.2 Å². The van der Waals surface area contributed by atoms with E-state index in [-0.39, 0.29) is 24.7 Å². The van der Waals surface area contributed by atoms with Crippen molar-refractivity contribution in [3.05, 3.63) is 83.1 Å². The molecule has 0 amide bonds. The quantitative estimate of drug-likeness (QED) is 0.225. The highest BCUT2D eigenvalue weighted by atomic mass is 16.6. The largest absolute Gasteiger partial charge is 0.468 e. The van der Waals surface area contributed by atoms with Gasteiger partial charge in [-0.05, 0) is 43.7 Å². The van der Waals surface area contributed by atoms with Crippen LogP contribution >= 0.6 is 0 Å². The Kier molecular flexibility index (Phi) is 9.39. The van der Waals surface area contributed by atoms with Crippen molar-refractivity contribution in [2.45, 2.75) is 58.0 Å². The zero-order chi connectivity index (χ0) is 27.8. The zero-order valence-electron chi connectivity index (χ0n) is 22.9. The number of ether oxygens (including phenoxy) is 3. The number of carbonyl (C=O) groups is 3. The first-order valence-electron chi connectivity index (χ1n) is 13.8. The molecule has 4 rings (SSSR count). The average molecular weight is 532 g/mol. The number of methoxy groups -OCH3 is 1. The molecule has 2 aromatic rings. The standard InChI is InChI=1S/C32H37NO6/c1-4-38-30(35)32(31(36)39-5-2)26(27(29(34)37-3)33-28(32)24-19-13-8-14-20-24)21-25(22-15-9-6-10-16-22)23-17-11-7-12-18-23/h6-7,9-12,15-18,24,27-28,33H,4-5,8,13-14,19-20H2,1-3H3/t27-,28-/m1/s1. The molecule has 2 atom stereocenters. The summed E-state index contributed by atoms with van der Waals surface area (Å²) < 4.78 is 16.4. The SMILES string of the molecule is CCOC(=O)C1(C(=O)OCC)C(=C=C(c2ccccc2)c2ccccc2)[C@H](C(=O)OC)N[C@@H]1C1CCCCC1. The molecule has 1 N–H and O–H groups in total. The van der Waals surface area contributed by atoms with Gasteiger partial charge in [0, 0.05) is 17.2 Å². The predicted octanol–water partition coefficient (Wildman–Crippen LogP) is 4.85. The van der Waals surface area contributed by atoms with E-state index in [4.69, 9.17) is 14.2 Å². The van der Waals surface area contributed by atoms with Crippen LogP contribution in [0.25, 0.3) is 5.57 Å². The van der Waals surface area contributed by atoms with E-state index < -0.39 is 35.4 Å². The van der Waals surface area contributed by atoms with Gasteiger partial charge in [-0.2, -0.15) is 0 Å². The highest BCUT2D eigenvalue weighted by Gasteiger charge is 2.67. The first-order valence-corrected chi connectivity index (χ1v) is 13.8. The molecular formula is C32H37NO6. The molecular weight excluding hydrogens is 494 g/mol. The molecule has 1 saturated heterocycles. The Morgan fingerprint density at radius 2 is 1.36 bits per heavy atom. The lowest BCUT2D eigenvalue weighted by Crippen LogP contribution is -2.54. The third kappa shape index (κ3) is 5.56. The Hall–Kier alpha value is -3.67. The van der Waals surface area contributed by atoms with E-state index in [1.807, 2.05) is 60.7 Å². The summed E-state index contributed by atoms with van der Waals surface area (Å²) in [6.45, 7) is 3.54. The van der Waals surface area contributed by atoms with Crippen molar-refractivity contribution in [3.8, 4) is 0 Å². The Labute approximate surface area is 230 Å². The van der Waals surface area contributed by atoms with E-state index in [1.165, 1.54) is 7.11 Å². The second-order valence-corrected chi connectivity index (χ2v) is 9.89. The van der Waals surface area contributed by atoms with Crippen molar-refractivity contribution < 1.29 is 28.6 Å². The first kappa shape index (κ1) is 28.3. The maximum absolute atomic E-state index is 14.1. The van der Waals surface area contributed by atoms with Crippen molar-refractivity contribution in [1.82, 2.24) is 5.32 Å². The second-order valence-electron chi connectivity index (χ2n) is 9.89. The van der Waals surface area contributed by atoms with Crippen LogP contribution in [0.1, 0.15) is 57.1 Å². The van der Waals surface area contributed by atoms with Crippen LogP contribution in [0, 0.1) is 11.3 Å². The second kappa shape index (κ2) is 12.9. The molecule has 2 fully saturated rings. The van der Waals surface area contributed by atoms with Crippen LogP contribution in [0.3, 0.4) is 0 Å². The third-order valence-corrected chi connectivity index (χ3v) is 7.66. The number of esters is 3. The number of nitrogens with one attached hydrogen (secondary N) is 1. The normalized spacial score (nSPS) is 20.5. The topological polar surface area (TPSA) is 90.9 Å². The lowest BCUT2D eigenvalue weighted by Gasteiger charge is -2.37. The Morgan fingerprint density at radius 1 is 0.846 bits per heavy atom. The van der Waals surface area contributed by atoms with Gasteiger partial charge in [-0.3, -0.25) is 14.9 Å². The maximum Gasteiger partial charge on any atom is 0.330 e. The fraction of sp³-hybridized carbons (Fsp3) is 0.438. The predicted molar refractivity (Wildman–Crippen MR) is 147 cm³/mol. The van der Waals surface area contributed by atoms with E-state index in [2.05, 4.69) is 11.0 Å². The zero-order valence-corrected chi connectivity index (χ0v) is 22.9. The fourth-order valence-electron chi connectivity index (χ4n) is 5.92. The van der Waals surface area contributed by atoms with Crippen LogP contribution in [-0.2, 0) is 28.6 Å². The third-order valence-electron chi connectivity index (χ3n) is 7.66. The first-order chi connectivity index (χ1) is 19.0. The van der Waals surface area contributed by atoms with Crippen molar-refractivity contribution in [2.75, 3.05) is 20.3 Å². The molecule has 7 heteroatoms. The molecule has 7 nitrogen and oxygen atoms in total. The number of benzene rings is 2. The highest BCUT2D eigenvalue weighted by Crippen LogP contribution is 2.48. The summed E-state index contributed by atoms with van der Waals surface area (Å²) in [4.78, 5) is 41.4. The molecule has 206 valence electrons. The Balaban J connectivity index is 2.12. The minimum Gasteiger partial charge on any atom is -0.468 e. The molecule has 2 aliphatic rings. The molecule has 2 aromatic carbocycles. The number of rotatable bonds is 8. The monoisotopic (exact) mass is 531 g/mol. The van der Waals surface area contributed by atoms with Gasteiger partial charge in [0.25, 0.3) is 0 Å². The molecule has 0 spiro atoms. The Bertz CT molecular complexity index is 1170. The Morgan fingerprint density at radius 3 is 1.82 bits per heavy atom. The van der Waals surface area contributed by atoms with Gasteiger partial charge in [0.05, 0.1) is 20.3 Å². The van der Waals surface area contributed by atoms with E-state index >= 15 is 0 Å². The molecule has 39 heavy (non-hydrogen) atoms. The molecule has 0 aromatic heterocycles. The molecule has 1 saturated carbocycles. The number of carbonyl (C=O) groups excluding carboxylic acids is 3. The van der Waals surface area contributed by atoms with Gasteiger partial charge in [0.15, 0.2) is 0 Å². The molecule has 0 bridgehead atoms. The van der Waals surface area contributed by atoms with Gasteiger partial charge in [0.2, 0.25) is 5.41 Å². The van der Waals surface area contributed by atoms with E-state index in [1.54, 1.807) is 13.8 Å². The van der Waals surface area contributed by atoms with E-state index in [0.29, 0.717) is 5.57 Å².